The van der Waals surface area contributed by atoms with Crippen LogP contribution in [0.15, 0.2) is 0 Å². The summed E-state index contributed by atoms with van der Waals surface area (Å²) in [6.45, 7) is 5.72. The van der Waals surface area contributed by atoms with Crippen LogP contribution < -0.4 is 0 Å². The number of unbranched alkanes of at least 4 members (excludes halogenated alkanes) is 2. The summed E-state index contributed by atoms with van der Waals surface area (Å²) in [6, 6.07) is 0. The molecule has 0 aliphatic heterocycles. The molecule has 0 radical (unpaired) electrons. The topological polar surface area (TPSA) is 35.5 Å². The van der Waals surface area contributed by atoms with Crippen molar-refractivity contribution in [2.75, 3.05) is 20.3 Å². The van der Waals surface area contributed by atoms with Gasteiger partial charge < -0.3 is 9.47 Å². The van der Waals surface area contributed by atoms with Crippen LogP contribution in [0.4, 0.5) is 0 Å². The van der Waals surface area contributed by atoms with Crippen molar-refractivity contribution in [1.29, 1.82) is 0 Å². The Labute approximate surface area is 99.5 Å². The molecule has 3 heteroatoms. The van der Waals surface area contributed by atoms with Crippen molar-refractivity contribution < 1.29 is 14.3 Å². The monoisotopic (exact) mass is 230 g/mol. The summed E-state index contributed by atoms with van der Waals surface area (Å²) < 4.78 is 10.1. The lowest BCUT2D eigenvalue weighted by Crippen LogP contribution is -2.16. The highest BCUT2D eigenvalue weighted by Crippen LogP contribution is 2.17. The van der Waals surface area contributed by atoms with Gasteiger partial charge in [-0.05, 0) is 26.2 Å². The molecule has 1 unspecified atom stereocenters. The molecule has 1 atom stereocenters. The molecule has 0 N–H and O–H groups in total. The Morgan fingerprint density at radius 3 is 2.38 bits per heavy atom. The zero-order chi connectivity index (χ0) is 12.2. The molecular formula is C13H26O3. The summed E-state index contributed by atoms with van der Waals surface area (Å²) in [6.07, 6.45) is 6.20. The van der Waals surface area contributed by atoms with Gasteiger partial charge in [0.05, 0.1) is 13.0 Å². The lowest BCUT2D eigenvalue weighted by Gasteiger charge is -2.13. The summed E-state index contributed by atoms with van der Waals surface area (Å²) >= 11 is 0. The fourth-order valence-electron chi connectivity index (χ4n) is 1.74. The predicted molar refractivity (Wildman–Crippen MR) is 65.4 cm³/mol. The van der Waals surface area contributed by atoms with Gasteiger partial charge in [0.25, 0.3) is 0 Å². The van der Waals surface area contributed by atoms with E-state index in [1.807, 2.05) is 6.92 Å². The molecule has 16 heavy (non-hydrogen) atoms. The van der Waals surface area contributed by atoms with E-state index in [2.05, 4.69) is 6.92 Å². The summed E-state index contributed by atoms with van der Waals surface area (Å²) in [5.74, 6) is 0.0384. The number of rotatable bonds is 10. The van der Waals surface area contributed by atoms with Crippen molar-refractivity contribution in [1.82, 2.24) is 0 Å². The SMILES string of the molecule is CCCCC(CCCCOCC)C(=O)OC. The molecule has 0 aliphatic carbocycles. The van der Waals surface area contributed by atoms with E-state index in [1.54, 1.807) is 0 Å². The van der Waals surface area contributed by atoms with Gasteiger partial charge in [0.15, 0.2) is 0 Å². The number of ether oxygens (including phenoxy) is 2. The van der Waals surface area contributed by atoms with E-state index in [9.17, 15) is 4.79 Å². The van der Waals surface area contributed by atoms with Crippen molar-refractivity contribution >= 4 is 5.97 Å². The highest BCUT2D eigenvalue weighted by Gasteiger charge is 2.17. The van der Waals surface area contributed by atoms with Crippen molar-refractivity contribution in [3.05, 3.63) is 0 Å². The molecule has 0 amide bonds. The second-order valence-electron chi connectivity index (χ2n) is 4.06. The van der Waals surface area contributed by atoms with Crippen LogP contribution in [0.1, 0.15) is 52.4 Å². The quantitative estimate of drug-likeness (QED) is 0.427. The van der Waals surface area contributed by atoms with Gasteiger partial charge in [-0.2, -0.15) is 0 Å². The first-order valence-electron chi connectivity index (χ1n) is 6.41. The molecule has 0 saturated heterocycles. The number of carbonyl (C=O) groups is 1. The second-order valence-corrected chi connectivity index (χ2v) is 4.06. The van der Waals surface area contributed by atoms with Gasteiger partial charge in [0.2, 0.25) is 0 Å². The third kappa shape index (κ3) is 7.69. The van der Waals surface area contributed by atoms with Crippen LogP contribution in [0.5, 0.6) is 0 Å². The van der Waals surface area contributed by atoms with Gasteiger partial charge in [-0.25, -0.2) is 0 Å². The van der Waals surface area contributed by atoms with E-state index in [-0.39, 0.29) is 11.9 Å². The fraction of sp³-hybridized carbons (Fsp3) is 0.923. The smallest absolute Gasteiger partial charge is 0.308 e. The summed E-state index contributed by atoms with van der Waals surface area (Å²) in [5.41, 5.74) is 0. The third-order valence-corrected chi connectivity index (χ3v) is 2.74. The summed E-state index contributed by atoms with van der Waals surface area (Å²) in [5, 5.41) is 0. The van der Waals surface area contributed by atoms with Crippen LogP contribution in [-0.4, -0.2) is 26.3 Å². The molecule has 0 saturated carbocycles. The lowest BCUT2D eigenvalue weighted by molar-refractivity contribution is -0.146. The number of esters is 1. The van der Waals surface area contributed by atoms with Crippen LogP contribution in [-0.2, 0) is 14.3 Å². The summed E-state index contributed by atoms with van der Waals surface area (Å²) in [4.78, 5) is 11.5. The highest BCUT2D eigenvalue weighted by molar-refractivity contribution is 5.72. The van der Waals surface area contributed by atoms with Crippen LogP contribution >= 0.6 is 0 Å². The molecule has 0 rings (SSSR count). The maximum atomic E-state index is 11.5. The first kappa shape index (κ1) is 15.4. The summed E-state index contributed by atoms with van der Waals surface area (Å²) in [7, 11) is 1.47. The van der Waals surface area contributed by atoms with E-state index >= 15 is 0 Å². The minimum Gasteiger partial charge on any atom is -0.469 e. The molecule has 0 aromatic carbocycles. The third-order valence-electron chi connectivity index (χ3n) is 2.74. The molecule has 96 valence electrons. The highest BCUT2D eigenvalue weighted by atomic mass is 16.5. The standard InChI is InChI=1S/C13H26O3/c1-4-6-9-12(13(14)15-3)10-7-8-11-16-5-2/h12H,4-11H2,1-3H3. The van der Waals surface area contributed by atoms with Gasteiger partial charge in [0.1, 0.15) is 0 Å². The largest absolute Gasteiger partial charge is 0.469 e. The van der Waals surface area contributed by atoms with Gasteiger partial charge in [0, 0.05) is 13.2 Å². The first-order chi connectivity index (χ1) is 7.76. The molecule has 0 aliphatic rings. The Morgan fingerprint density at radius 1 is 1.12 bits per heavy atom. The van der Waals surface area contributed by atoms with Crippen LogP contribution in [0, 0.1) is 5.92 Å². The molecule has 0 bridgehead atoms. The first-order valence-corrected chi connectivity index (χ1v) is 6.41. The Bertz CT molecular complexity index is 169. The van der Waals surface area contributed by atoms with Crippen molar-refractivity contribution in [3.63, 3.8) is 0 Å². The fourth-order valence-corrected chi connectivity index (χ4v) is 1.74. The molecular weight excluding hydrogens is 204 g/mol. The van der Waals surface area contributed by atoms with Crippen molar-refractivity contribution in [2.24, 2.45) is 5.92 Å². The molecule has 3 nitrogen and oxygen atoms in total. The van der Waals surface area contributed by atoms with E-state index in [0.29, 0.717) is 0 Å². The van der Waals surface area contributed by atoms with Gasteiger partial charge in [-0.3, -0.25) is 4.79 Å². The minimum atomic E-state index is -0.0511. The Balaban J connectivity index is 3.69. The number of hydrogen-bond donors (Lipinski definition) is 0. The normalized spacial score (nSPS) is 12.4. The number of methoxy groups -OCH3 is 1. The molecule has 0 spiro atoms. The van der Waals surface area contributed by atoms with E-state index < -0.39 is 0 Å². The van der Waals surface area contributed by atoms with Crippen LogP contribution in [0.2, 0.25) is 0 Å². The van der Waals surface area contributed by atoms with Crippen LogP contribution in [0.25, 0.3) is 0 Å². The van der Waals surface area contributed by atoms with E-state index in [1.165, 1.54) is 7.11 Å². The van der Waals surface area contributed by atoms with Crippen LogP contribution in [0.3, 0.4) is 0 Å². The number of carbonyl (C=O) groups excluding carboxylic acids is 1. The predicted octanol–water partition coefficient (Wildman–Crippen LogP) is 3.17. The van der Waals surface area contributed by atoms with Crippen molar-refractivity contribution in [3.8, 4) is 0 Å². The maximum absolute atomic E-state index is 11.5. The van der Waals surface area contributed by atoms with E-state index in [4.69, 9.17) is 9.47 Å². The van der Waals surface area contributed by atoms with Crippen molar-refractivity contribution in [2.45, 2.75) is 52.4 Å². The molecule has 0 aromatic heterocycles. The Hall–Kier alpha value is -0.570. The lowest BCUT2D eigenvalue weighted by atomic mass is 9.96. The maximum Gasteiger partial charge on any atom is 0.308 e. The number of hydrogen-bond acceptors (Lipinski definition) is 3. The average molecular weight is 230 g/mol. The average Bonchev–Trinajstić information content (AvgIpc) is 2.31. The minimum absolute atomic E-state index is 0.0511. The second kappa shape index (κ2) is 10.9. The Morgan fingerprint density at radius 2 is 1.81 bits per heavy atom. The zero-order valence-corrected chi connectivity index (χ0v) is 11.0. The van der Waals surface area contributed by atoms with E-state index in [0.717, 1.165) is 51.7 Å². The zero-order valence-electron chi connectivity index (χ0n) is 11.0. The van der Waals surface area contributed by atoms with Gasteiger partial charge >= 0.3 is 5.97 Å². The Kier molecular flexibility index (Phi) is 10.5. The molecule has 0 aromatic rings. The van der Waals surface area contributed by atoms with Gasteiger partial charge in [-0.1, -0.05) is 26.2 Å². The molecule has 0 heterocycles. The van der Waals surface area contributed by atoms with Gasteiger partial charge in [-0.15, -0.1) is 0 Å². The molecule has 0 fully saturated rings.